The van der Waals surface area contributed by atoms with E-state index in [1.807, 2.05) is 6.92 Å². The maximum atomic E-state index is 13.2. The standard InChI is InChI=1S/C11H21F2N/c1-9-5-6-11(12,13)7-8-14(9)10(2,3)4/h9H,5-8H2,1-4H3. The molecule has 1 atom stereocenters. The van der Waals surface area contributed by atoms with Gasteiger partial charge in [0.05, 0.1) is 0 Å². The summed E-state index contributed by atoms with van der Waals surface area (Å²) in [5, 5.41) is 0. The summed E-state index contributed by atoms with van der Waals surface area (Å²) in [5.74, 6) is -2.45. The van der Waals surface area contributed by atoms with Crippen molar-refractivity contribution in [1.82, 2.24) is 4.90 Å². The summed E-state index contributed by atoms with van der Waals surface area (Å²) >= 11 is 0. The molecule has 84 valence electrons. The van der Waals surface area contributed by atoms with Crippen LogP contribution in [0.25, 0.3) is 0 Å². The Morgan fingerprint density at radius 2 is 1.79 bits per heavy atom. The smallest absolute Gasteiger partial charge is 0.249 e. The van der Waals surface area contributed by atoms with Crippen molar-refractivity contribution in [1.29, 1.82) is 0 Å². The Labute approximate surface area is 85.5 Å². The molecule has 0 spiro atoms. The zero-order valence-electron chi connectivity index (χ0n) is 9.61. The lowest BCUT2D eigenvalue weighted by Gasteiger charge is -2.39. The van der Waals surface area contributed by atoms with Gasteiger partial charge in [-0.25, -0.2) is 8.78 Å². The van der Waals surface area contributed by atoms with Crippen molar-refractivity contribution in [3.05, 3.63) is 0 Å². The number of alkyl halides is 2. The van der Waals surface area contributed by atoms with E-state index in [1.54, 1.807) is 0 Å². The van der Waals surface area contributed by atoms with Crippen molar-refractivity contribution in [2.45, 2.75) is 64.5 Å². The van der Waals surface area contributed by atoms with Gasteiger partial charge in [-0.3, -0.25) is 4.90 Å². The van der Waals surface area contributed by atoms with Crippen LogP contribution in [0.15, 0.2) is 0 Å². The van der Waals surface area contributed by atoms with Crippen LogP contribution in [-0.4, -0.2) is 28.9 Å². The van der Waals surface area contributed by atoms with Crippen molar-refractivity contribution < 1.29 is 8.78 Å². The first-order chi connectivity index (χ1) is 6.22. The third kappa shape index (κ3) is 2.91. The lowest BCUT2D eigenvalue weighted by Crippen LogP contribution is -2.46. The highest BCUT2D eigenvalue weighted by Crippen LogP contribution is 2.33. The molecule has 0 bridgehead atoms. The van der Waals surface area contributed by atoms with Gasteiger partial charge >= 0.3 is 0 Å². The lowest BCUT2D eigenvalue weighted by molar-refractivity contribution is -0.0154. The molecule has 1 unspecified atom stereocenters. The predicted molar refractivity (Wildman–Crippen MR) is 54.7 cm³/mol. The fourth-order valence-electron chi connectivity index (χ4n) is 2.20. The summed E-state index contributed by atoms with van der Waals surface area (Å²) in [6.07, 6.45) is 0.652. The SMILES string of the molecule is CC1CCC(F)(F)CCN1C(C)(C)C. The topological polar surface area (TPSA) is 3.24 Å². The number of hydrogen-bond acceptors (Lipinski definition) is 1. The summed E-state index contributed by atoms with van der Waals surface area (Å²) in [6, 6.07) is 0.267. The highest BCUT2D eigenvalue weighted by Gasteiger charge is 2.37. The maximum absolute atomic E-state index is 13.2. The molecule has 0 aromatic rings. The number of rotatable bonds is 0. The zero-order valence-corrected chi connectivity index (χ0v) is 9.61. The molecule has 0 aliphatic carbocycles. The highest BCUT2D eigenvalue weighted by atomic mass is 19.3. The molecule has 0 radical (unpaired) electrons. The largest absolute Gasteiger partial charge is 0.296 e. The molecule has 0 aromatic heterocycles. The Morgan fingerprint density at radius 1 is 1.21 bits per heavy atom. The first-order valence-corrected chi connectivity index (χ1v) is 5.37. The van der Waals surface area contributed by atoms with Crippen molar-refractivity contribution in [3.63, 3.8) is 0 Å². The molecule has 0 aromatic carbocycles. The van der Waals surface area contributed by atoms with Gasteiger partial charge in [-0.05, 0) is 34.1 Å². The van der Waals surface area contributed by atoms with Crippen LogP contribution >= 0.6 is 0 Å². The van der Waals surface area contributed by atoms with Crippen molar-refractivity contribution in [3.8, 4) is 0 Å². The lowest BCUT2D eigenvalue weighted by atomic mass is 10.0. The van der Waals surface area contributed by atoms with E-state index in [4.69, 9.17) is 0 Å². The van der Waals surface area contributed by atoms with Crippen LogP contribution < -0.4 is 0 Å². The van der Waals surface area contributed by atoms with E-state index in [2.05, 4.69) is 25.7 Å². The molecule has 3 heteroatoms. The third-order valence-electron chi connectivity index (χ3n) is 3.04. The minimum Gasteiger partial charge on any atom is -0.296 e. The van der Waals surface area contributed by atoms with Gasteiger partial charge in [-0.15, -0.1) is 0 Å². The molecule has 1 aliphatic rings. The first-order valence-electron chi connectivity index (χ1n) is 5.37. The van der Waals surface area contributed by atoms with Crippen LogP contribution in [0.4, 0.5) is 8.78 Å². The summed E-state index contributed by atoms with van der Waals surface area (Å²) in [6.45, 7) is 8.83. The second-order valence-corrected chi connectivity index (χ2v) is 5.36. The van der Waals surface area contributed by atoms with Gasteiger partial charge in [0.1, 0.15) is 0 Å². The van der Waals surface area contributed by atoms with E-state index in [-0.39, 0.29) is 24.4 Å². The monoisotopic (exact) mass is 205 g/mol. The molecule has 1 nitrogen and oxygen atoms in total. The Kier molecular flexibility index (Phi) is 3.20. The first kappa shape index (κ1) is 11.9. The van der Waals surface area contributed by atoms with E-state index in [1.165, 1.54) is 0 Å². The van der Waals surface area contributed by atoms with Gasteiger partial charge in [-0.2, -0.15) is 0 Å². The zero-order chi connectivity index (χ0) is 11.0. The number of hydrogen-bond donors (Lipinski definition) is 0. The van der Waals surface area contributed by atoms with Crippen molar-refractivity contribution in [2.24, 2.45) is 0 Å². The van der Waals surface area contributed by atoms with Gasteiger partial charge in [0.2, 0.25) is 5.92 Å². The molecule has 14 heavy (non-hydrogen) atoms. The van der Waals surface area contributed by atoms with Crippen LogP contribution in [0.1, 0.15) is 47.0 Å². The van der Waals surface area contributed by atoms with Crippen molar-refractivity contribution >= 4 is 0 Å². The van der Waals surface area contributed by atoms with E-state index in [9.17, 15) is 8.78 Å². The van der Waals surface area contributed by atoms with Gasteiger partial charge in [-0.1, -0.05) is 0 Å². The van der Waals surface area contributed by atoms with Crippen LogP contribution in [0.2, 0.25) is 0 Å². The average Bonchev–Trinajstić information content (AvgIpc) is 2.09. The van der Waals surface area contributed by atoms with Gasteiger partial charge in [0, 0.05) is 31.0 Å². The minimum absolute atomic E-state index is 0.000162. The third-order valence-corrected chi connectivity index (χ3v) is 3.04. The van der Waals surface area contributed by atoms with Crippen LogP contribution in [0.5, 0.6) is 0 Å². The number of nitrogens with zero attached hydrogens (tertiary/aromatic N) is 1. The van der Waals surface area contributed by atoms with Crippen LogP contribution in [0.3, 0.4) is 0 Å². The van der Waals surface area contributed by atoms with E-state index in [0.29, 0.717) is 13.0 Å². The van der Waals surface area contributed by atoms with E-state index >= 15 is 0 Å². The second-order valence-electron chi connectivity index (χ2n) is 5.36. The second kappa shape index (κ2) is 3.76. The molecule has 1 saturated heterocycles. The molecule has 1 fully saturated rings. The maximum Gasteiger partial charge on any atom is 0.249 e. The van der Waals surface area contributed by atoms with Gasteiger partial charge in [0.15, 0.2) is 0 Å². The molecule has 1 aliphatic heterocycles. The minimum atomic E-state index is -2.45. The Hall–Kier alpha value is -0.180. The summed E-state index contributed by atoms with van der Waals surface area (Å²) in [5.41, 5.74) is -0.000162. The van der Waals surface area contributed by atoms with E-state index < -0.39 is 5.92 Å². The molecule has 0 saturated carbocycles. The van der Waals surface area contributed by atoms with Gasteiger partial charge < -0.3 is 0 Å². The summed E-state index contributed by atoms with van der Waals surface area (Å²) in [4.78, 5) is 2.19. The molecular formula is C11H21F2N. The highest BCUT2D eigenvalue weighted by molar-refractivity contribution is 4.86. The Balaban J connectivity index is 2.70. The summed E-state index contributed by atoms with van der Waals surface area (Å²) in [7, 11) is 0. The molecular weight excluding hydrogens is 184 g/mol. The molecule has 0 N–H and O–H groups in total. The molecule has 0 amide bonds. The fourth-order valence-corrected chi connectivity index (χ4v) is 2.20. The van der Waals surface area contributed by atoms with Crippen LogP contribution in [0, 0.1) is 0 Å². The number of likely N-dealkylation sites (tertiary alicyclic amines) is 1. The molecule has 1 rings (SSSR count). The average molecular weight is 205 g/mol. The molecule has 1 heterocycles. The summed E-state index contributed by atoms with van der Waals surface area (Å²) < 4.78 is 26.3. The normalized spacial score (nSPS) is 30.0. The van der Waals surface area contributed by atoms with E-state index in [0.717, 1.165) is 0 Å². The Bertz CT molecular complexity index is 196. The number of halogens is 2. The quantitative estimate of drug-likeness (QED) is 0.586. The fraction of sp³-hybridized carbons (Fsp3) is 1.00. The van der Waals surface area contributed by atoms with Crippen molar-refractivity contribution in [2.75, 3.05) is 6.54 Å². The van der Waals surface area contributed by atoms with Gasteiger partial charge in [0.25, 0.3) is 0 Å². The Morgan fingerprint density at radius 3 is 2.29 bits per heavy atom. The van der Waals surface area contributed by atoms with Crippen LogP contribution in [-0.2, 0) is 0 Å². The predicted octanol–water partition coefficient (Wildman–Crippen LogP) is 3.29.